The number of carbonyl (C=O) groups is 1. The molecule has 2 rings (SSSR count). The highest BCUT2D eigenvalue weighted by molar-refractivity contribution is 9.10. The van der Waals surface area contributed by atoms with E-state index < -0.39 is 0 Å². The van der Waals surface area contributed by atoms with Crippen LogP contribution in [-0.4, -0.2) is 23.2 Å². The molecule has 0 saturated heterocycles. The van der Waals surface area contributed by atoms with E-state index in [1.165, 1.54) is 0 Å². The molecule has 0 radical (unpaired) electrons. The number of rotatable bonds is 1. The SMILES string of the molecule is O=C(CCl)N1CCc2c(Cl)cc(Br)cc2C1. The lowest BCUT2D eigenvalue weighted by Gasteiger charge is -2.29. The van der Waals surface area contributed by atoms with Crippen molar-refractivity contribution in [2.45, 2.75) is 13.0 Å². The Morgan fingerprint density at radius 2 is 2.25 bits per heavy atom. The minimum absolute atomic E-state index is 0.0246. The summed E-state index contributed by atoms with van der Waals surface area (Å²) in [6, 6.07) is 3.90. The molecule has 16 heavy (non-hydrogen) atoms. The fourth-order valence-corrected chi connectivity index (χ4v) is 3.05. The van der Waals surface area contributed by atoms with E-state index in [1.54, 1.807) is 4.90 Å². The molecule has 0 spiro atoms. The van der Waals surface area contributed by atoms with Crippen LogP contribution in [-0.2, 0) is 17.8 Å². The van der Waals surface area contributed by atoms with Crippen molar-refractivity contribution in [3.8, 4) is 0 Å². The monoisotopic (exact) mass is 321 g/mol. The molecular weight excluding hydrogens is 313 g/mol. The Morgan fingerprint density at radius 1 is 1.50 bits per heavy atom. The first-order valence-corrected chi connectivity index (χ1v) is 6.63. The average molecular weight is 323 g/mol. The summed E-state index contributed by atoms with van der Waals surface area (Å²) in [7, 11) is 0. The summed E-state index contributed by atoms with van der Waals surface area (Å²) in [5, 5.41) is 0.766. The van der Waals surface area contributed by atoms with Crippen molar-refractivity contribution in [2.75, 3.05) is 12.4 Å². The van der Waals surface area contributed by atoms with Gasteiger partial charge in [-0.15, -0.1) is 11.6 Å². The van der Waals surface area contributed by atoms with E-state index in [1.807, 2.05) is 12.1 Å². The molecule has 0 atom stereocenters. The standard InChI is InChI=1S/C11H10BrCl2NO/c12-8-3-7-6-15(11(16)5-13)2-1-9(7)10(14)4-8/h3-4H,1-2,5-6H2. The summed E-state index contributed by atoms with van der Waals surface area (Å²) in [5.41, 5.74) is 2.24. The third-order valence-corrected chi connectivity index (χ3v) is 3.74. The van der Waals surface area contributed by atoms with Gasteiger partial charge in [-0.25, -0.2) is 0 Å². The van der Waals surface area contributed by atoms with Crippen molar-refractivity contribution in [3.63, 3.8) is 0 Å². The summed E-state index contributed by atoms with van der Waals surface area (Å²) in [4.78, 5) is 13.3. The predicted molar refractivity (Wildman–Crippen MR) is 69.0 cm³/mol. The number of hydrogen-bond acceptors (Lipinski definition) is 1. The van der Waals surface area contributed by atoms with Crippen LogP contribution in [0.15, 0.2) is 16.6 Å². The van der Waals surface area contributed by atoms with Gasteiger partial charge in [-0.3, -0.25) is 4.79 Å². The molecule has 0 bridgehead atoms. The van der Waals surface area contributed by atoms with Crippen LogP contribution in [0.25, 0.3) is 0 Å². The molecule has 0 saturated carbocycles. The molecule has 1 aromatic carbocycles. The van der Waals surface area contributed by atoms with Crippen LogP contribution in [0.2, 0.25) is 5.02 Å². The highest BCUT2D eigenvalue weighted by Gasteiger charge is 2.21. The maximum atomic E-state index is 11.5. The van der Waals surface area contributed by atoms with Crippen LogP contribution in [0, 0.1) is 0 Å². The number of amides is 1. The number of hydrogen-bond donors (Lipinski definition) is 0. The number of alkyl halides is 1. The zero-order chi connectivity index (χ0) is 11.7. The van der Waals surface area contributed by atoms with Crippen molar-refractivity contribution < 1.29 is 4.79 Å². The van der Waals surface area contributed by atoms with Gasteiger partial charge in [0.05, 0.1) is 0 Å². The highest BCUT2D eigenvalue weighted by Crippen LogP contribution is 2.30. The van der Waals surface area contributed by atoms with E-state index >= 15 is 0 Å². The number of nitrogens with zero attached hydrogens (tertiary/aromatic N) is 1. The Morgan fingerprint density at radius 3 is 2.94 bits per heavy atom. The maximum absolute atomic E-state index is 11.5. The molecule has 2 nitrogen and oxygen atoms in total. The molecule has 86 valence electrons. The molecule has 1 aromatic rings. The van der Waals surface area contributed by atoms with Gasteiger partial charge in [0, 0.05) is 22.6 Å². The first-order valence-electron chi connectivity index (χ1n) is 4.92. The largest absolute Gasteiger partial charge is 0.337 e. The molecule has 1 heterocycles. The Balaban J connectivity index is 2.30. The molecule has 0 aromatic heterocycles. The minimum Gasteiger partial charge on any atom is -0.337 e. The fourth-order valence-electron chi connectivity index (χ4n) is 1.91. The van der Waals surface area contributed by atoms with E-state index in [9.17, 15) is 4.79 Å². The lowest BCUT2D eigenvalue weighted by molar-refractivity contribution is -0.129. The van der Waals surface area contributed by atoms with Crippen LogP contribution in [0.5, 0.6) is 0 Å². The van der Waals surface area contributed by atoms with Gasteiger partial charge in [0.15, 0.2) is 0 Å². The highest BCUT2D eigenvalue weighted by atomic mass is 79.9. The Labute approximate surface area is 113 Å². The molecule has 1 amide bonds. The van der Waals surface area contributed by atoms with E-state index in [4.69, 9.17) is 23.2 Å². The summed E-state index contributed by atoms with van der Waals surface area (Å²) in [5.74, 6) is 0.0141. The predicted octanol–water partition coefficient (Wildman–Crippen LogP) is 3.23. The van der Waals surface area contributed by atoms with Gasteiger partial charge in [0.2, 0.25) is 5.91 Å². The number of halogens is 3. The van der Waals surface area contributed by atoms with Crippen molar-refractivity contribution in [2.24, 2.45) is 0 Å². The van der Waals surface area contributed by atoms with Crippen molar-refractivity contribution in [3.05, 3.63) is 32.8 Å². The lowest BCUT2D eigenvalue weighted by atomic mass is 10.00. The first kappa shape index (κ1) is 12.2. The van der Waals surface area contributed by atoms with Crippen LogP contribution >= 0.6 is 39.1 Å². The quantitative estimate of drug-likeness (QED) is 0.727. The van der Waals surface area contributed by atoms with Gasteiger partial charge in [0.1, 0.15) is 5.88 Å². The van der Waals surface area contributed by atoms with Gasteiger partial charge in [-0.2, -0.15) is 0 Å². The second kappa shape index (κ2) is 4.94. The summed E-state index contributed by atoms with van der Waals surface area (Å²) in [6.45, 7) is 1.29. The van der Waals surface area contributed by atoms with Gasteiger partial charge in [-0.1, -0.05) is 27.5 Å². The molecule has 5 heteroatoms. The summed E-state index contributed by atoms with van der Waals surface area (Å²) in [6.07, 6.45) is 0.796. The van der Waals surface area contributed by atoms with Gasteiger partial charge >= 0.3 is 0 Å². The number of carbonyl (C=O) groups excluding carboxylic acids is 1. The molecule has 0 fully saturated rings. The second-order valence-electron chi connectivity index (χ2n) is 3.72. The van der Waals surface area contributed by atoms with Gasteiger partial charge in [-0.05, 0) is 29.7 Å². The van der Waals surface area contributed by atoms with Crippen molar-refractivity contribution in [1.82, 2.24) is 4.90 Å². The first-order chi connectivity index (χ1) is 7.61. The van der Waals surface area contributed by atoms with Crippen LogP contribution in [0.3, 0.4) is 0 Å². The zero-order valence-electron chi connectivity index (χ0n) is 8.47. The van der Waals surface area contributed by atoms with E-state index in [2.05, 4.69) is 15.9 Å². The van der Waals surface area contributed by atoms with Crippen LogP contribution in [0.4, 0.5) is 0 Å². The third kappa shape index (κ3) is 2.36. The van der Waals surface area contributed by atoms with Crippen molar-refractivity contribution >= 4 is 45.0 Å². The lowest BCUT2D eigenvalue weighted by Crippen LogP contribution is -2.36. The average Bonchev–Trinajstić information content (AvgIpc) is 2.27. The minimum atomic E-state index is -0.0246. The molecule has 0 N–H and O–H groups in total. The smallest absolute Gasteiger partial charge is 0.237 e. The van der Waals surface area contributed by atoms with Gasteiger partial charge in [0.25, 0.3) is 0 Å². The Kier molecular flexibility index (Phi) is 3.77. The normalized spacial score (nSPS) is 14.8. The maximum Gasteiger partial charge on any atom is 0.237 e. The number of fused-ring (bicyclic) bond motifs is 1. The van der Waals surface area contributed by atoms with Crippen LogP contribution in [0.1, 0.15) is 11.1 Å². The van der Waals surface area contributed by atoms with E-state index in [0.717, 1.165) is 27.0 Å². The van der Waals surface area contributed by atoms with Crippen LogP contribution < -0.4 is 0 Å². The third-order valence-electron chi connectivity index (χ3n) is 2.71. The molecule has 1 aliphatic rings. The summed E-state index contributed by atoms with van der Waals surface area (Å²) >= 11 is 15.1. The Bertz CT molecular complexity index is 436. The van der Waals surface area contributed by atoms with E-state index in [0.29, 0.717) is 13.1 Å². The molecular formula is C11H10BrCl2NO. The molecule has 1 aliphatic heterocycles. The molecule has 0 unspecified atom stereocenters. The fraction of sp³-hybridized carbons (Fsp3) is 0.364. The topological polar surface area (TPSA) is 20.3 Å². The molecule has 0 aliphatic carbocycles. The van der Waals surface area contributed by atoms with Gasteiger partial charge < -0.3 is 4.90 Å². The Hall–Kier alpha value is -0.250. The van der Waals surface area contributed by atoms with E-state index in [-0.39, 0.29) is 11.8 Å². The second-order valence-corrected chi connectivity index (χ2v) is 5.31. The van der Waals surface area contributed by atoms with Crippen molar-refractivity contribution in [1.29, 1.82) is 0 Å². The zero-order valence-corrected chi connectivity index (χ0v) is 11.6. The number of benzene rings is 1. The summed E-state index contributed by atoms with van der Waals surface area (Å²) < 4.78 is 0.941.